The zero-order valence-electron chi connectivity index (χ0n) is 11.3. The van der Waals surface area contributed by atoms with E-state index in [2.05, 4.69) is 15.0 Å². The van der Waals surface area contributed by atoms with Gasteiger partial charge in [0.25, 0.3) is 5.91 Å². The molecule has 1 N–H and O–H groups in total. The summed E-state index contributed by atoms with van der Waals surface area (Å²) in [4.78, 5) is 15.9. The summed E-state index contributed by atoms with van der Waals surface area (Å²) in [5.74, 6) is -0.817. The number of amides is 1. The van der Waals surface area contributed by atoms with E-state index in [0.717, 1.165) is 0 Å². The standard InChI is InChI=1S/C14H9Cl2F3N2O2/c15-8-3-4-11(23-7-14(17,18)19)10(6-8)21-13(22)9-2-1-5-20-12(9)16/h1-6H,7H2,(H,21,22). The number of nitrogens with zero attached hydrogens (tertiary/aromatic N) is 1. The van der Waals surface area contributed by atoms with Crippen LogP contribution in [-0.4, -0.2) is 23.7 Å². The van der Waals surface area contributed by atoms with E-state index >= 15 is 0 Å². The van der Waals surface area contributed by atoms with Gasteiger partial charge in [-0.3, -0.25) is 4.79 Å². The molecule has 0 saturated heterocycles. The lowest BCUT2D eigenvalue weighted by Gasteiger charge is -2.14. The smallest absolute Gasteiger partial charge is 0.422 e. The average molecular weight is 365 g/mol. The molecular formula is C14H9Cl2F3N2O2. The molecule has 0 atom stereocenters. The highest BCUT2D eigenvalue weighted by atomic mass is 35.5. The molecule has 0 spiro atoms. The van der Waals surface area contributed by atoms with Gasteiger partial charge < -0.3 is 10.1 Å². The largest absolute Gasteiger partial charge is 0.482 e. The first kappa shape index (κ1) is 17.4. The number of aromatic nitrogens is 1. The van der Waals surface area contributed by atoms with Crippen molar-refractivity contribution in [3.63, 3.8) is 0 Å². The van der Waals surface area contributed by atoms with Crippen LogP contribution in [0.15, 0.2) is 36.5 Å². The van der Waals surface area contributed by atoms with Gasteiger partial charge in [-0.2, -0.15) is 13.2 Å². The monoisotopic (exact) mass is 364 g/mol. The van der Waals surface area contributed by atoms with Crippen LogP contribution >= 0.6 is 23.2 Å². The summed E-state index contributed by atoms with van der Waals surface area (Å²) in [5.41, 5.74) is 0.0579. The van der Waals surface area contributed by atoms with Crippen LogP contribution in [0.25, 0.3) is 0 Å². The molecule has 1 aromatic carbocycles. The number of alkyl halides is 3. The van der Waals surface area contributed by atoms with Gasteiger partial charge in [0.15, 0.2) is 6.61 Å². The van der Waals surface area contributed by atoms with Crippen molar-refractivity contribution in [2.75, 3.05) is 11.9 Å². The third-order valence-corrected chi connectivity index (χ3v) is 3.12. The number of hydrogen-bond acceptors (Lipinski definition) is 3. The number of ether oxygens (including phenoxy) is 1. The Balaban J connectivity index is 2.23. The summed E-state index contributed by atoms with van der Waals surface area (Å²) >= 11 is 11.6. The molecule has 1 aromatic heterocycles. The molecule has 0 aliphatic rings. The minimum Gasteiger partial charge on any atom is -0.482 e. The van der Waals surface area contributed by atoms with Gasteiger partial charge in [-0.15, -0.1) is 0 Å². The van der Waals surface area contributed by atoms with Gasteiger partial charge in [0, 0.05) is 11.2 Å². The number of hydrogen-bond donors (Lipinski definition) is 1. The molecule has 0 unspecified atom stereocenters. The molecule has 9 heteroatoms. The number of nitrogens with one attached hydrogen (secondary N) is 1. The maximum atomic E-state index is 12.3. The second kappa shape index (κ2) is 7.06. The zero-order chi connectivity index (χ0) is 17.0. The van der Waals surface area contributed by atoms with Crippen molar-refractivity contribution in [1.29, 1.82) is 0 Å². The number of halogens is 5. The summed E-state index contributed by atoms with van der Waals surface area (Å²) < 4.78 is 41.5. The van der Waals surface area contributed by atoms with E-state index in [-0.39, 0.29) is 27.2 Å². The second-order valence-corrected chi connectivity index (χ2v) is 5.13. The van der Waals surface area contributed by atoms with Gasteiger partial charge in [0.1, 0.15) is 10.9 Å². The van der Waals surface area contributed by atoms with Gasteiger partial charge in [0.2, 0.25) is 0 Å². The summed E-state index contributed by atoms with van der Waals surface area (Å²) in [6.45, 7) is -1.49. The van der Waals surface area contributed by atoms with Gasteiger partial charge in [-0.1, -0.05) is 23.2 Å². The quantitative estimate of drug-likeness (QED) is 0.807. The van der Waals surface area contributed by atoms with Crippen LogP contribution in [0.2, 0.25) is 10.2 Å². The number of carbonyl (C=O) groups is 1. The highest BCUT2D eigenvalue weighted by Gasteiger charge is 2.29. The highest BCUT2D eigenvalue weighted by molar-refractivity contribution is 6.33. The number of benzene rings is 1. The summed E-state index contributed by atoms with van der Waals surface area (Å²) in [6, 6.07) is 6.77. The van der Waals surface area contributed by atoms with E-state index in [0.29, 0.717) is 0 Å². The van der Waals surface area contributed by atoms with Crippen LogP contribution in [0.5, 0.6) is 5.75 Å². The number of carbonyl (C=O) groups excluding carboxylic acids is 1. The fraction of sp³-hybridized carbons (Fsp3) is 0.143. The fourth-order valence-corrected chi connectivity index (χ4v) is 2.01. The molecule has 4 nitrogen and oxygen atoms in total. The van der Waals surface area contributed by atoms with E-state index in [1.807, 2.05) is 0 Å². The molecule has 2 rings (SSSR count). The Hall–Kier alpha value is -1.99. The SMILES string of the molecule is O=C(Nc1cc(Cl)ccc1OCC(F)(F)F)c1cccnc1Cl. The van der Waals surface area contributed by atoms with Crippen LogP contribution in [-0.2, 0) is 0 Å². The highest BCUT2D eigenvalue weighted by Crippen LogP contribution is 2.30. The maximum Gasteiger partial charge on any atom is 0.422 e. The molecule has 0 aliphatic heterocycles. The Bertz CT molecular complexity index is 723. The van der Waals surface area contributed by atoms with Crippen molar-refractivity contribution in [1.82, 2.24) is 4.98 Å². The van der Waals surface area contributed by atoms with Crippen LogP contribution < -0.4 is 10.1 Å². The van der Waals surface area contributed by atoms with Crippen LogP contribution in [0.3, 0.4) is 0 Å². The average Bonchev–Trinajstić information content (AvgIpc) is 2.45. The first-order valence-electron chi connectivity index (χ1n) is 6.17. The fourth-order valence-electron chi connectivity index (χ4n) is 1.63. The lowest BCUT2D eigenvalue weighted by atomic mass is 10.2. The predicted octanol–water partition coefficient (Wildman–Crippen LogP) is 4.58. The third-order valence-electron chi connectivity index (χ3n) is 2.58. The van der Waals surface area contributed by atoms with E-state index in [1.54, 1.807) is 0 Å². The second-order valence-electron chi connectivity index (χ2n) is 4.34. The molecule has 1 amide bonds. The van der Waals surface area contributed by atoms with Crippen molar-refractivity contribution in [3.8, 4) is 5.75 Å². The third kappa shape index (κ3) is 5.01. The molecule has 122 valence electrons. The topological polar surface area (TPSA) is 51.2 Å². The summed E-state index contributed by atoms with van der Waals surface area (Å²) in [7, 11) is 0. The first-order chi connectivity index (χ1) is 10.8. The Morgan fingerprint density at radius 3 is 2.65 bits per heavy atom. The lowest BCUT2D eigenvalue weighted by molar-refractivity contribution is -0.153. The molecule has 0 aliphatic carbocycles. The Kier molecular flexibility index (Phi) is 5.33. The number of pyridine rings is 1. The Labute approximate surface area is 139 Å². The van der Waals surface area contributed by atoms with E-state index in [1.165, 1.54) is 36.5 Å². The molecule has 23 heavy (non-hydrogen) atoms. The van der Waals surface area contributed by atoms with Crippen LogP contribution in [0.1, 0.15) is 10.4 Å². The van der Waals surface area contributed by atoms with Crippen molar-refractivity contribution in [2.24, 2.45) is 0 Å². The number of anilines is 1. The van der Waals surface area contributed by atoms with Crippen LogP contribution in [0.4, 0.5) is 18.9 Å². The summed E-state index contributed by atoms with van der Waals surface area (Å²) in [5, 5.41) is 2.59. The van der Waals surface area contributed by atoms with Crippen molar-refractivity contribution in [3.05, 3.63) is 52.3 Å². The van der Waals surface area contributed by atoms with Crippen molar-refractivity contribution >= 4 is 34.8 Å². The van der Waals surface area contributed by atoms with Crippen molar-refractivity contribution < 1.29 is 22.7 Å². The Morgan fingerprint density at radius 1 is 1.26 bits per heavy atom. The normalized spacial score (nSPS) is 11.2. The molecular weight excluding hydrogens is 356 g/mol. The minimum atomic E-state index is -4.51. The molecule has 2 aromatic rings. The molecule has 0 radical (unpaired) electrons. The first-order valence-corrected chi connectivity index (χ1v) is 6.93. The molecule has 0 fully saturated rings. The van der Waals surface area contributed by atoms with Gasteiger partial charge in [0.05, 0.1) is 11.3 Å². The maximum absolute atomic E-state index is 12.3. The molecule has 0 bridgehead atoms. The Morgan fingerprint density at radius 2 is 2.00 bits per heavy atom. The van der Waals surface area contributed by atoms with Crippen molar-refractivity contribution in [2.45, 2.75) is 6.18 Å². The van der Waals surface area contributed by atoms with Gasteiger partial charge in [-0.05, 0) is 30.3 Å². The lowest BCUT2D eigenvalue weighted by Crippen LogP contribution is -2.20. The minimum absolute atomic E-state index is 0.00771. The van der Waals surface area contributed by atoms with E-state index in [9.17, 15) is 18.0 Å². The van der Waals surface area contributed by atoms with Gasteiger partial charge in [-0.25, -0.2) is 4.98 Å². The molecule has 0 saturated carbocycles. The van der Waals surface area contributed by atoms with E-state index in [4.69, 9.17) is 23.2 Å². The predicted molar refractivity (Wildman–Crippen MR) is 80.2 cm³/mol. The van der Waals surface area contributed by atoms with E-state index < -0.39 is 18.7 Å². The zero-order valence-corrected chi connectivity index (χ0v) is 12.8. The summed E-state index contributed by atoms with van der Waals surface area (Å²) in [6.07, 6.45) is -3.11. The molecule has 1 heterocycles. The van der Waals surface area contributed by atoms with Gasteiger partial charge >= 0.3 is 6.18 Å². The number of rotatable bonds is 4. The van der Waals surface area contributed by atoms with Crippen LogP contribution in [0, 0.1) is 0 Å².